The van der Waals surface area contributed by atoms with Gasteiger partial charge in [0.1, 0.15) is 0 Å². The molecule has 0 aromatic carbocycles. The maximum absolute atomic E-state index is 13.3. The van der Waals surface area contributed by atoms with Crippen LogP contribution in [0.4, 0.5) is 74.6 Å². The molecule has 0 heterocycles. The Morgan fingerprint density at radius 1 is 0.545 bits per heavy atom. The van der Waals surface area contributed by atoms with Crippen LogP contribution in [0.15, 0.2) is 0 Å². The van der Waals surface area contributed by atoms with Gasteiger partial charge in [-0.2, -0.15) is 83.1 Å². The van der Waals surface area contributed by atoms with Gasteiger partial charge in [0, 0.05) is 57.8 Å². The molecule has 1 radical (unpaired) electrons. The van der Waals surface area contributed by atoms with Crippen molar-refractivity contribution in [3.8, 4) is 0 Å². The summed E-state index contributed by atoms with van der Waals surface area (Å²) >= 11 is 0. The van der Waals surface area contributed by atoms with Crippen LogP contribution in [0.5, 0.6) is 0 Å². The van der Waals surface area contributed by atoms with E-state index in [4.69, 9.17) is 4.55 Å². The van der Waals surface area contributed by atoms with Crippen molar-refractivity contribution in [2.24, 2.45) is 0 Å². The molecule has 0 aliphatic rings. The molecule has 4 nitrogen and oxygen atoms in total. The van der Waals surface area contributed by atoms with Crippen molar-refractivity contribution in [1.29, 1.82) is 0 Å². The Labute approximate surface area is 213 Å². The van der Waals surface area contributed by atoms with Crippen molar-refractivity contribution in [2.45, 2.75) is 54.1 Å². The van der Waals surface area contributed by atoms with Gasteiger partial charge in [-0.05, 0) is 0 Å². The smallest absolute Gasteiger partial charge is 0.264 e. The Morgan fingerprint density at radius 3 is 1.09 bits per heavy atom. The molecule has 33 heavy (non-hydrogen) atoms. The van der Waals surface area contributed by atoms with Crippen LogP contribution < -0.4 is 0 Å². The van der Waals surface area contributed by atoms with Crippen LogP contribution in [0.25, 0.3) is 0 Å². The monoisotopic (exact) mass is 583 g/mol. The molecule has 0 spiro atoms. The van der Waals surface area contributed by atoms with E-state index >= 15 is 0 Å². The summed E-state index contributed by atoms with van der Waals surface area (Å²) in [6.07, 6.45) is -11.0. The quantitative estimate of drug-likeness (QED) is 0.228. The predicted molar refractivity (Wildman–Crippen MR) is 68.6 cm³/mol. The molecule has 0 saturated heterocycles. The molecular formula is C10H5F17KO4S. The summed E-state index contributed by atoms with van der Waals surface area (Å²) in [7, 11) is -5.75. The molecule has 0 aliphatic carbocycles. The van der Waals surface area contributed by atoms with Gasteiger partial charge < -0.3 is 0 Å². The minimum Gasteiger partial charge on any atom is -0.264 e. The van der Waals surface area contributed by atoms with E-state index in [0.717, 1.165) is 0 Å². The van der Waals surface area contributed by atoms with Crippen molar-refractivity contribution >= 4 is 61.8 Å². The topological polar surface area (TPSA) is 63.6 Å². The Morgan fingerprint density at radius 2 is 0.818 bits per heavy atom. The van der Waals surface area contributed by atoms with E-state index in [2.05, 4.69) is 4.18 Å². The molecule has 0 aromatic rings. The number of rotatable bonds is 10. The second-order valence-electron chi connectivity index (χ2n) is 5.65. The third-order valence-electron chi connectivity index (χ3n) is 3.44. The molecule has 0 rings (SSSR count). The molecular weight excluding hydrogens is 578 g/mol. The zero-order valence-corrected chi connectivity index (χ0v) is 18.9. The molecule has 23 heteroatoms. The number of alkyl halides is 17. The van der Waals surface area contributed by atoms with E-state index in [9.17, 15) is 83.1 Å². The Kier molecular flexibility index (Phi) is 10.4. The zero-order chi connectivity index (χ0) is 26.6. The molecule has 0 unspecified atom stereocenters. The second-order valence-corrected chi connectivity index (χ2v) is 6.74. The summed E-state index contributed by atoms with van der Waals surface area (Å²) in [6, 6.07) is 0. The van der Waals surface area contributed by atoms with Gasteiger partial charge in [0.2, 0.25) is 0 Å². The molecule has 0 fully saturated rings. The van der Waals surface area contributed by atoms with Crippen LogP contribution in [-0.4, -0.2) is 119 Å². The molecule has 0 bridgehead atoms. The SMILES string of the molecule is O=S(=O)(O)OCCC(F)(F)C(F)(F)C(F)(F)C(F)(F)C(F)(F)C(F)(F)C(F)(F)C(F)(F)F.[K]. The van der Waals surface area contributed by atoms with Crippen molar-refractivity contribution in [2.75, 3.05) is 6.61 Å². The predicted octanol–water partition coefficient (Wildman–Crippen LogP) is 4.82. The Hall–Kier alpha value is 0.316. The third-order valence-corrected chi connectivity index (χ3v) is 3.90. The van der Waals surface area contributed by atoms with Crippen molar-refractivity contribution < 1.29 is 91.8 Å². The van der Waals surface area contributed by atoms with Gasteiger partial charge in [-0.3, -0.25) is 4.55 Å². The van der Waals surface area contributed by atoms with E-state index in [1.165, 1.54) is 0 Å². The van der Waals surface area contributed by atoms with Gasteiger partial charge in [0.05, 0.1) is 6.61 Å². The van der Waals surface area contributed by atoms with Crippen LogP contribution in [0.1, 0.15) is 6.42 Å². The molecule has 195 valence electrons. The van der Waals surface area contributed by atoms with Crippen LogP contribution in [-0.2, 0) is 14.6 Å². The minimum absolute atomic E-state index is 0. The standard InChI is InChI=1S/C10H5F17O4S.K/c11-3(12,1-2-31-32(28,29)30)4(13,14)5(15,16)6(17,18)7(19,20)8(21,22)9(23,24)10(25,26)27;/h1-2H2,(H,28,29,30);. The summed E-state index contributed by atoms with van der Waals surface area (Å²) in [6.45, 7) is -2.44. The van der Waals surface area contributed by atoms with E-state index in [1.807, 2.05) is 0 Å². The van der Waals surface area contributed by atoms with Gasteiger partial charge in [-0.15, -0.1) is 0 Å². The van der Waals surface area contributed by atoms with Crippen LogP contribution in [0.3, 0.4) is 0 Å². The van der Waals surface area contributed by atoms with E-state index in [0.29, 0.717) is 0 Å². The number of hydrogen-bond acceptors (Lipinski definition) is 3. The first-order valence-electron chi connectivity index (χ1n) is 6.79. The third kappa shape index (κ3) is 5.84. The van der Waals surface area contributed by atoms with Crippen molar-refractivity contribution in [3.63, 3.8) is 0 Å². The zero-order valence-electron chi connectivity index (χ0n) is 14.9. The molecule has 0 aromatic heterocycles. The van der Waals surface area contributed by atoms with Crippen LogP contribution in [0.2, 0.25) is 0 Å². The maximum atomic E-state index is 13.3. The normalized spacial score (nSPS) is 15.9. The first kappa shape index (κ1) is 35.5. The summed E-state index contributed by atoms with van der Waals surface area (Å²) in [5.74, 6) is -57.5. The molecule has 1 N–H and O–H groups in total. The average Bonchev–Trinajstić information content (AvgIpc) is 2.50. The fraction of sp³-hybridized carbons (Fsp3) is 1.00. The summed E-state index contributed by atoms with van der Waals surface area (Å²) in [5, 5.41) is 0. The number of halogens is 17. The van der Waals surface area contributed by atoms with Crippen molar-refractivity contribution in [3.05, 3.63) is 0 Å². The van der Waals surface area contributed by atoms with Gasteiger partial charge in [0.15, 0.2) is 0 Å². The minimum atomic E-state index is -8.74. The van der Waals surface area contributed by atoms with E-state index < -0.39 is 71.1 Å². The fourth-order valence-electron chi connectivity index (χ4n) is 1.63. The average molecular weight is 583 g/mol. The molecule has 0 atom stereocenters. The van der Waals surface area contributed by atoms with Crippen molar-refractivity contribution in [1.82, 2.24) is 0 Å². The number of hydrogen-bond donors (Lipinski definition) is 1. The summed E-state index contributed by atoms with van der Waals surface area (Å²) in [5.41, 5.74) is 0. The van der Waals surface area contributed by atoms with Gasteiger partial charge in [0.25, 0.3) is 0 Å². The fourth-order valence-corrected chi connectivity index (χ4v) is 1.92. The summed E-state index contributed by atoms with van der Waals surface area (Å²) < 4.78 is 250. The maximum Gasteiger partial charge on any atom is 0.460 e. The molecule has 0 amide bonds. The molecule has 0 aliphatic heterocycles. The van der Waals surface area contributed by atoms with Crippen LogP contribution >= 0.6 is 0 Å². The van der Waals surface area contributed by atoms with Crippen LogP contribution in [0, 0.1) is 0 Å². The first-order chi connectivity index (χ1) is 13.5. The Bertz CT molecular complexity index is 790. The van der Waals surface area contributed by atoms with Gasteiger partial charge >= 0.3 is 58.0 Å². The van der Waals surface area contributed by atoms with Gasteiger partial charge in [-0.1, -0.05) is 0 Å². The van der Waals surface area contributed by atoms with Gasteiger partial charge in [-0.25, -0.2) is 4.18 Å². The molecule has 0 saturated carbocycles. The Balaban J connectivity index is 0. The first-order valence-corrected chi connectivity index (χ1v) is 8.15. The second kappa shape index (κ2) is 9.65. The van der Waals surface area contributed by atoms with E-state index in [-0.39, 0.29) is 51.4 Å². The summed E-state index contributed by atoms with van der Waals surface area (Å²) in [4.78, 5) is 0. The van der Waals surface area contributed by atoms with E-state index in [1.54, 1.807) is 0 Å². The largest absolute Gasteiger partial charge is 0.460 e.